The van der Waals surface area contributed by atoms with Crippen molar-refractivity contribution in [1.29, 1.82) is 0 Å². The minimum atomic E-state index is -1.80. The molecule has 2 rings (SSSR count). The monoisotopic (exact) mass is 950 g/mol. The fourth-order valence-electron chi connectivity index (χ4n) is 7.97. The zero-order valence-electron chi connectivity index (χ0n) is 40.9. The van der Waals surface area contributed by atoms with E-state index in [4.69, 9.17) is 18.9 Å². The molecule has 0 saturated carbocycles. The highest BCUT2D eigenvalue weighted by Crippen LogP contribution is 2.30. The zero-order valence-corrected chi connectivity index (χ0v) is 40.9. The fraction of sp³-hybridized carbons (Fsp3) is 0.755. The van der Waals surface area contributed by atoms with Crippen molar-refractivity contribution in [2.24, 2.45) is 0 Å². The summed E-state index contributed by atoms with van der Waals surface area (Å²) < 4.78 is 22.7. The number of carbonyl (C=O) groups excluding carboxylic acids is 1. The van der Waals surface area contributed by atoms with Crippen LogP contribution in [0.4, 0.5) is 0 Å². The third-order valence-corrected chi connectivity index (χ3v) is 12.1. The second-order valence-corrected chi connectivity index (χ2v) is 17.9. The van der Waals surface area contributed by atoms with Gasteiger partial charge in [0.2, 0.25) is 5.91 Å². The molecule has 0 aromatic carbocycles. The lowest BCUT2D eigenvalue weighted by molar-refractivity contribution is -0.359. The maximum absolute atomic E-state index is 13.2. The Balaban J connectivity index is 1.89. The first-order valence-corrected chi connectivity index (χ1v) is 25.7. The molecule has 0 aromatic rings. The first kappa shape index (κ1) is 60.6. The summed E-state index contributed by atoms with van der Waals surface area (Å²) >= 11 is 0. The smallest absolute Gasteiger partial charge is 0.220 e. The summed E-state index contributed by atoms with van der Waals surface area (Å²) in [5.74, 6) is -0.299. The van der Waals surface area contributed by atoms with Crippen molar-refractivity contribution in [2.45, 2.75) is 235 Å². The molecular formula is C53H91NO13. The SMILES string of the molecule is CC/C=C\C/C=C\C/C=C\C/C=C\C/C=C\CCCC(=O)NC(COC1OC(CO)C(OC2OC(CO)C(O)C(O)C2O)C(O)C1O)C(O)/C=C/CCCCCCCCCCCCCCCC. The minimum Gasteiger partial charge on any atom is -0.394 e. The molecule has 67 heavy (non-hydrogen) atoms. The first-order valence-electron chi connectivity index (χ1n) is 25.7. The topological polar surface area (TPSA) is 228 Å². The summed E-state index contributed by atoms with van der Waals surface area (Å²) in [6, 6.07) is -0.947. The molecule has 12 unspecified atom stereocenters. The third kappa shape index (κ3) is 26.3. The van der Waals surface area contributed by atoms with Gasteiger partial charge in [-0.3, -0.25) is 4.79 Å². The molecule has 14 nitrogen and oxygen atoms in total. The number of ether oxygens (including phenoxy) is 4. The number of rotatable bonds is 38. The lowest BCUT2D eigenvalue weighted by Crippen LogP contribution is -2.65. The average molecular weight is 950 g/mol. The van der Waals surface area contributed by atoms with Crippen LogP contribution in [0.15, 0.2) is 72.9 Å². The van der Waals surface area contributed by atoms with Gasteiger partial charge in [0.1, 0.15) is 48.8 Å². The number of amides is 1. The second kappa shape index (κ2) is 39.2. The molecule has 0 aromatic heterocycles. The molecule has 0 spiro atoms. The Morgan fingerprint density at radius 2 is 1.03 bits per heavy atom. The minimum absolute atomic E-state index is 0.200. The highest BCUT2D eigenvalue weighted by Gasteiger charge is 2.51. The van der Waals surface area contributed by atoms with Gasteiger partial charge in [-0.15, -0.1) is 0 Å². The maximum atomic E-state index is 13.2. The normalized spacial score (nSPS) is 27.2. The molecule has 14 heteroatoms. The summed E-state index contributed by atoms with van der Waals surface area (Å²) in [6.07, 6.45) is 32.3. The van der Waals surface area contributed by atoms with E-state index in [1.807, 2.05) is 12.2 Å². The van der Waals surface area contributed by atoms with Crippen LogP contribution in [0.3, 0.4) is 0 Å². The number of aliphatic hydroxyl groups is 8. The van der Waals surface area contributed by atoms with Crippen LogP contribution in [-0.2, 0) is 23.7 Å². The van der Waals surface area contributed by atoms with Gasteiger partial charge in [-0.1, -0.05) is 170 Å². The molecule has 386 valence electrons. The molecule has 2 heterocycles. The van der Waals surface area contributed by atoms with Crippen LogP contribution in [0.25, 0.3) is 0 Å². The van der Waals surface area contributed by atoms with Gasteiger partial charge in [-0.25, -0.2) is 0 Å². The number of allylic oxidation sites excluding steroid dienone is 11. The van der Waals surface area contributed by atoms with Crippen LogP contribution in [0.5, 0.6) is 0 Å². The molecular weight excluding hydrogens is 859 g/mol. The van der Waals surface area contributed by atoms with Crippen molar-refractivity contribution in [1.82, 2.24) is 5.32 Å². The molecule has 12 atom stereocenters. The van der Waals surface area contributed by atoms with Gasteiger partial charge < -0.3 is 65.1 Å². The van der Waals surface area contributed by atoms with E-state index in [-0.39, 0.29) is 18.9 Å². The Morgan fingerprint density at radius 1 is 0.552 bits per heavy atom. The Hall–Kier alpha value is -2.57. The van der Waals surface area contributed by atoms with Gasteiger partial charge in [-0.2, -0.15) is 0 Å². The van der Waals surface area contributed by atoms with E-state index in [0.29, 0.717) is 12.8 Å². The van der Waals surface area contributed by atoms with E-state index >= 15 is 0 Å². The van der Waals surface area contributed by atoms with Crippen molar-refractivity contribution in [2.75, 3.05) is 19.8 Å². The van der Waals surface area contributed by atoms with Gasteiger partial charge in [0.05, 0.1) is 32.0 Å². The summed E-state index contributed by atoms with van der Waals surface area (Å²) in [6.45, 7) is 2.62. The number of nitrogens with one attached hydrogen (secondary N) is 1. The van der Waals surface area contributed by atoms with Gasteiger partial charge >= 0.3 is 0 Å². The first-order chi connectivity index (χ1) is 32.6. The number of aliphatic hydroxyl groups excluding tert-OH is 8. The Bertz CT molecular complexity index is 1400. The third-order valence-electron chi connectivity index (χ3n) is 12.1. The van der Waals surface area contributed by atoms with E-state index in [0.717, 1.165) is 51.4 Å². The van der Waals surface area contributed by atoms with Crippen LogP contribution in [0.2, 0.25) is 0 Å². The predicted molar refractivity (Wildman–Crippen MR) is 263 cm³/mol. The zero-order chi connectivity index (χ0) is 48.9. The van der Waals surface area contributed by atoms with Crippen molar-refractivity contribution in [3.63, 3.8) is 0 Å². The number of carbonyl (C=O) groups is 1. The Labute approximate surface area is 402 Å². The number of hydrogen-bond acceptors (Lipinski definition) is 13. The highest BCUT2D eigenvalue weighted by molar-refractivity contribution is 5.76. The Morgan fingerprint density at radius 3 is 1.57 bits per heavy atom. The quantitative estimate of drug-likeness (QED) is 0.0229. The lowest BCUT2D eigenvalue weighted by Gasteiger charge is -2.46. The predicted octanol–water partition coefficient (Wildman–Crippen LogP) is 6.82. The van der Waals surface area contributed by atoms with E-state index < -0.39 is 86.8 Å². The Kier molecular flexibility index (Phi) is 35.4. The van der Waals surface area contributed by atoms with Crippen molar-refractivity contribution in [3.05, 3.63) is 72.9 Å². The molecule has 0 aliphatic carbocycles. The van der Waals surface area contributed by atoms with E-state index in [1.165, 1.54) is 77.0 Å². The highest BCUT2D eigenvalue weighted by atomic mass is 16.7. The van der Waals surface area contributed by atoms with Crippen LogP contribution in [0.1, 0.15) is 162 Å². The van der Waals surface area contributed by atoms with Gasteiger partial charge in [0.15, 0.2) is 12.6 Å². The second-order valence-electron chi connectivity index (χ2n) is 17.9. The molecule has 2 aliphatic rings. The summed E-state index contributed by atoms with van der Waals surface area (Å²) in [5, 5.41) is 86.7. The van der Waals surface area contributed by atoms with Crippen LogP contribution in [0, 0.1) is 0 Å². The standard InChI is InChI=1S/C53H91NO13/c1-3-5-7-9-11-13-15-17-19-21-23-25-27-29-31-33-35-37-45(58)54-41(42(57)36-34-32-30-28-26-24-22-20-18-16-14-12-10-8-6-4-2)40-64-52-50(63)48(61)51(44(39-56)66-52)67-53-49(62)47(60)46(59)43(38-55)65-53/h5,7,11,13,17,19,23,25,29,31,34,36,41-44,46-53,55-57,59-63H,3-4,6,8-10,12,14-16,18,20-22,24,26-28,30,32-33,35,37-40H2,1-2H3,(H,54,58)/b7-5-,13-11-,19-17-,25-23-,31-29-,36-34+. The molecule has 0 bridgehead atoms. The summed E-state index contributed by atoms with van der Waals surface area (Å²) in [4.78, 5) is 13.2. The van der Waals surface area contributed by atoms with Crippen molar-refractivity contribution in [3.8, 4) is 0 Å². The summed E-state index contributed by atoms with van der Waals surface area (Å²) in [5.41, 5.74) is 0. The summed E-state index contributed by atoms with van der Waals surface area (Å²) in [7, 11) is 0. The van der Waals surface area contributed by atoms with Crippen molar-refractivity contribution >= 4 is 5.91 Å². The molecule has 2 aliphatic heterocycles. The molecule has 1 amide bonds. The van der Waals surface area contributed by atoms with E-state index in [1.54, 1.807) is 6.08 Å². The number of hydrogen-bond donors (Lipinski definition) is 9. The van der Waals surface area contributed by atoms with Crippen LogP contribution < -0.4 is 5.32 Å². The van der Waals surface area contributed by atoms with Gasteiger partial charge in [0, 0.05) is 6.42 Å². The van der Waals surface area contributed by atoms with Crippen LogP contribution in [-0.4, -0.2) is 140 Å². The number of unbranched alkanes of at least 4 members (excludes halogenated alkanes) is 15. The lowest BCUT2D eigenvalue weighted by atomic mass is 9.97. The largest absolute Gasteiger partial charge is 0.394 e. The maximum Gasteiger partial charge on any atom is 0.220 e. The van der Waals surface area contributed by atoms with Gasteiger partial charge in [-0.05, 0) is 57.8 Å². The molecule has 2 fully saturated rings. The van der Waals surface area contributed by atoms with E-state index in [2.05, 4.69) is 73.8 Å². The molecule has 9 N–H and O–H groups in total. The van der Waals surface area contributed by atoms with Gasteiger partial charge in [0.25, 0.3) is 0 Å². The molecule has 0 radical (unpaired) electrons. The molecule has 2 saturated heterocycles. The average Bonchev–Trinajstić information content (AvgIpc) is 3.32. The van der Waals surface area contributed by atoms with E-state index in [9.17, 15) is 45.6 Å². The van der Waals surface area contributed by atoms with Crippen molar-refractivity contribution < 1.29 is 64.6 Å². The fourth-order valence-corrected chi connectivity index (χ4v) is 7.97. The van der Waals surface area contributed by atoms with Crippen LogP contribution >= 0.6 is 0 Å².